The van der Waals surface area contributed by atoms with E-state index in [1.54, 1.807) is 11.6 Å². The van der Waals surface area contributed by atoms with Gasteiger partial charge in [0.25, 0.3) is 5.91 Å². The lowest BCUT2D eigenvalue weighted by molar-refractivity contribution is -0.149. The van der Waals surface area contributed by atoms with Gasteiger partial charge in [0.05, 0.1) is 24.8 Å². The third kappa shape index (κ3) is 2.89. The zero-order valence-electron chi connectivity index (χ0n) is 13.3. The minimum Gasteiger partial charge on any atom is -0.479 e. The van der Waals surface area contributed by atoms with Gasteiger partial charge in [-0.25, -0.2) is 9.18 Å². The zero-order chi connectivity index (χ0) is 17.3. The number of amides is 1. The Bertz CT molecular complexity index is 775. The van der Waals surface area contributed by atoms with E-state index in [0.717, 1.165) is 5.56 Å². The molecule has 0 saturated carbocycles. The summed E-state index contributed by atoms with van der Waals surface area (Å²) >= 11 is 0. The number of hydrogen-bond donors (Lipinski definition) is 1. The molecule has 1 unspecified atom stereocenters. The maximum absolute atomic E-state index is 14.1. The van der Waals surface area contributed by atoms with E-state index in [1.807, 2.05) is 30.3 Å². The predicted molar refractivity (Wildman–Crippen MR) is 84.5 cm³/mol. The molecule has 1 amide bonds. The van der Waals surface area contributed by atoms with E-state index in [-0.39, 0.29) is 18.9 Å². The molecule has 1 N–H and O–H groups in total. The summed E-state index contributed by atoms with van der Waals surface area (Å²) in [6.45, 7) is 1.97. The van der Waals surface area contributed by atoms with Gasteiger partial charge in [0.1, 0.15) is 0 Å². The first-order chi connectivity index (χ1) is 11.4. The van der Waals surface area contributed by atoms with E-state index < -0.39 is 18.2 Å². The number of carboxylic acids is 1. The Morgan fingerprint density at radius 1 is 1.33 bits per heavy atom. The number of halogens is 1. The number of benzene rings is 1. The van der Waals surface area contributed by atoms with Crippen molar-refractivity contribution in [3.63, 3.8) is 0 Å². The van der Waals surface area contributed by atoms with Gasteiger partial charge in [-0.15, -0.1) is 0 Å². The van der Waals surface area contributed by atoms with Crippen LogP contribution < -0.4 is 0 Å². The van der Waals surface area contributed by atoms with Crippen molar-refractivity contribution in [1.82, 2.24) is 14.7 Å². The lowest BCUT2D eigenvalue weighted by Crippen LogP contribution is -2.39. The van der Waals surface area contributed by atoms with E-state index in [9.17, 15) is 14.0 Å². The van der Waals surface area contributed by atoms with Gasteiger partial charge in [-0.3, -0.25) is 9.48 Å². The minimum absolute atomic E-state index is 0.0882. The molecule has 1 atom stereocenters. The van der Waals surface area contributed by atoms with Crippen LogP contribution in [0, 0.1) is 6.92 Å². The van der Waals surface area contributed by atoms with Crippen LogP contribution in [0.2, 0.25) is 0 Å². The van der Waals surface area contributed by atoms with Gasteiger partial charge in [0, 0.05) is 18.7 Å². The Labute approximate surface area is 138 Å². The van der Waals surface area contributed by atoms with Gasteiger partial charge in [0.15, 0.2) is 0 Å². The van der Waals surface area contributed by atoms with E-state index in [1.165, 1.54) is 11.1 Å². The number of likely N-dealkylation sites (tertiary alicyclic amines) is 1. The highest BCUT2D eigenvalue weighted by Crippen LogP contribution is 2.27. The maximum atomic E-state index is 14.1. The number of rotatable bonds is 4. The summed E-state index contributed by atoms with van der Waals surface area (Å²) in [4.78, 5) is 24.8. The molecule has 2 heterocycles. The lowest BCUT2D eigenvalue weighted by Gasteiger charge is -2.17. The molecule has 1 aromatic carbocycles. The zero-order valence-corrected chi connectivity index (χ0v) is 13.3. The van der Waals surface area contributed by atoms with E-state index in [0.29, 0.717) is 17.8 Å². The molecular weight excluding hydrogens is 313 g/mol. The highest BCUT2D eigenvalue weighted by Gasteiger charge is 2.47. The van der Waals surface area contributed by atoms with E-state index >= 15 is 0 Å². The van der Waals surface area contributed by atoms with Crippen molar-refractivity contribution in [2.75, 3.05) is 13.1 Å². The smallest absolute Gasteiger partial charge is 0.343 e. The van der Waals surface area contributed by atoms with Gasteiger partial charge >= 0.3 is 5.97 Å². The number of hydrogen-bond acceptors (Lipinski definition) is 3. The van der Waals surface area contributed by atoms with Crippen molar-refractivity contribution in [3.8, 4) is 0 Å². The molecule has 1 fully saturated rings. The quantitative estimate of drug-likeness (QED) is 0.928. The molecule has 126 valence electrons. The van der Waals surface area contributed by atoms with Crippen molar-refractivity contribution in [2.24, 2.45) is 0 Å². The lowest BCUT2D eigenvalue weighted by atomic mass is 10.1. The number of alkyl halides is 1. The Hall–Kier alpha value is -2.70. The number of carbonyl (C=O) groups excluding carboxylic acids is 1. The molecule has 0 bridgehead atoms. The third-order valence-corrected chi connectivity index (χ3v) is 4.40. The first-order valence-corrected chi connectivity index (χ1v) is 7.68. The molecule has 0 aliphatic carbocycles. The van der Waals surface area contributed by atoms with Crippen LogP contribution in [-0.4, -0.2) is 50.4 Å². The molecule has 3 rings (SSSR count). The van der Waals surface area contributed by atoms with Crippen LogP contribution in [0.3, 0.4) is 0 Å². The van der Waals surface area contributed by atoms with Crippen LogP contribution >= 0.6 is 0 Å². The van der Waals surface area contributed by atoms with Crippen LogP contribution in [0.5, 0.6) is 0 Å². The number of carboxylic acid groups (broad SMARTS) is 1. The normalized spacial score (nSPS) is 20.3. The number of aromatic nitrogens is 2. The standard InChI is InChI=1S/C17H18FN3O3/c1-12-14(9-19-21(12)10-13-5-3-2-4-6-13)15(22)20-8-7-17(18,11-20)16(23)24/h2-6,9H,7-8,10-11H2,1H3,(H,23,24). The molecule has 6 nitrogen and oxygen atoms in total. The summed E-state index contributed by atoms with van der Waals surface area (Å²) in [5.41, 5.74) is -0.252. The van der Waals surface area contributed by atoms with Crippen LogP contribution in [0.4, 0.5) is 4.39 Å². The van der Waals surface area contributed by atoms with Crippen LogP contribution in [-0.2, 0) is 11.3 Å². The van der Waals surface area contributed by atoms with E-state index in [4.69, 9.17) is 5.11 Å². The number of aliphatic carboxylic acids is 1. The SMILES string of the molecule is Cc1c(C(=O)N2CCC(F)(C(=O)O)C2)cnn1Cc1ccccc1. The monoisotopic (exact) mass is 331 g/mol. The van der Waals surface area contributed by atoms with Crippen LogP contribution in [0.1, 0.15) is 28.0 Å². The molecule has 1 saturated heterocycles. The Balaban J connectivity index is 1.76. The largest absolute Gasteiger partial charge is 0.479 e. The first-order valence-electron chi connectivity index (χ1n) is 7.68. The fourth-order valence-electron chi connectivity index (χ4n) is 2.86. The second-order valence-corrected chi connectivity index (χ2v) is 6.03. The van der Waals surface area contributed by atoms with Gasteiger partial charge in [-0.2, -0.15) is 5.10 Å². The fraction of sp³-hybridized carbons (Fsp3) is 0.353. The van der Waals surface area contributed by atoms with Crippen LogP contribution in [0.15, 0.2) is 36.5 Å². The molecule has 0 spiro atoms. The molecular formula is C17H18FN3O3. The molecule has 0 radical (unpaired) electrons. The molecule has 1 aliphatic rings. The fourth-order valence-corrected chi connectivity index (χ4v) is 2.86. The van der Waals surface area contributed by atoms with Crippen molar-refractivity contribution in [2.45, 2.75) is 25.6 Å². The summed E-state index contributed by atoms with van der Waals surface area (Å²) in [6, 6.07) is 9.71. The maximum Gasteiger partial charge on any atom is 0.343 e. The molecule has 24 heavy (non-hydrogen) atoms. The summed E-state index contributed by atoms with van der Waals surface area (Å²) in [6.07, 6.45) is 1.27. The third-order valence-electron chi connectivity index (χ3n) is 4.40. The summed E-state index contributed by atoms with van der Waals surface area (Å²) in [7, 11) is 0. The number of carbonyl (C=O) groups is 2. The molecule has 7 heteroatoms. The summed E-state index contributed by atoms with van der Waals surface area (Å²) in [5.74, 6) is -1.90. The minimum atomic E-state index is -2.36. The first kappa shape index (κ1) is 16.2. The average Bonchev–Trinajstić information content (AvgIpc) is 3.13. The van der Waals surface area contributed by atoms with Crippen molar-refractivity contribution in [1.29, 1.82) is 0 Å². The second kappa shape index (κ2) is 6.07. The van der Waals surface area contributed by atoms with Crippen LogP contribution in [0.25, 0.3) is 0 Å². The average molecular weight is 331 g/mol. The Morgan fingerprint density at radius 2 is 2.04 bits per heavy atom. The van der Waals surface area contributed by atoms with Crippen molar-refractivity contribution >= 4 is 11.9 Å². The Morgan fingerprint density at radius 3 is 2.67 bits per heavy atom. The topological polar surface area (TPSA) is 75.4 Å². The predicted octanol–water partition coefficient (Wildman–Crippen LogP) is 1.88. The molecule has 2 aromatic rings. The second-order valence-electron chi connectivity index (χ2n) is 6.03. The highest BCUT2D eigenvalue weighted by molar-refractivity contribution is 5.96. The van der Waals surface area contributed by atoms with Crippen molar-refractivity contribution in [3.05, 3.63) is 53.3 Å². The van der Waals surface area contributed by atoms with Gasteiger partial charge < -0.3 is 10.0 Å². The molecule has 1 aromatic heterocycles. The highest BCUT2D eigenvalue weighted by atomic mass is 19.1. The summed E-state index contributed by atoms with van der Waals surface area (Å²) in [5, 5.41) is 13.2. The van der Waals surface area contributed by atoms with E-state index in [2.05, 4.69) is 5.10 Å². The number of nitrogens with zero attached hydrogens (tertiary/aromatic N) is 3. The van der Waals surface area contributed by atoms with Crippen molar-refractivity contribution < 1.29 is 19.1 Å². The van der Waals surface area contributed by atoms with Gasteiger partial charge in [-0.05, 0) is 12.5 Å². The summed E-state index contributed by atoms with van der Waals surface area (Å²) < 4.78 is 15.8. The van der Waals surface area contributed by atoms with Gasteiger partial charge in [-0.1, -0.05) is 30.3 Å². The Kier molecular flexibility index (Phi) is 4.09. The van der Waals surface area contributed by atoms with Gasteiger partial charge in [0.2, 0.25) is 5.67 Å². The molecule has 1 aliphatic heterocycles.